The molecule has 1 unspecified atom stereocenters. The number of nitrogens with zero attached hydrogens (tertiary/aromatic N) is 5. The molecule has 29 heavy (non-hydrogen) atoms. The van der Waals surface area contributed by atoms with Crippen molar-refractivity contribution >= 4 is 23.1 Å². The topological polar surface area (TPSA) is 86.7 Å². The molecule has 0 saturated carbocycles. The van der Waals surface area contributed by atoms with E-state index in [1.807, 2.05) is 31.4 Å². The highest BCUT2D eigenvalue weighted by Crippen LogP contribution is 2.34. The first-order chi connectivity index (χ1) is 14.1. The van der Waals surface area contributed by atoms with Crippen LogP contribution in [0, 0.1) is 11.3 Å². The van der Waals surface area contributed by atoms with Gasteiger partial charge in [-0.1, -0.05) is 0 Å². The second-order valence-corrected chi connectivity index (χ2v) is 8.23. The van der Waals surface area contributed by atoms with Crippen LogP contribution in [0.3, 0.4) is 0 Å². The van der Waals surface area contributed by atoms with Gasteiger partial charge < -0.3 is 14.7 Å². The van der Waals surface area contributed by atoms with Crippen LogP contribution < -0.4 is 9.64 Å². The Morgan fingerprint density at radius 3 is 2.93 bits per heavy atom. The minimum atomic E-state index is -0.726. The number of hydrogen-bond donors (Lipinski definition) is 1. The molecule has 0 aromatic carbocycles. The zero-order valence-corrected chi connectivity index (χ0v) is 17.3. The molecule has 1 saturated heterocycles. The Labute approximate surface area is 173 Å². The molecule has 0 spiro atoms. The number of aromatic nitrogens is 3. The number of ether oxygens (including phenoxy) is 1. The van der Waals surface area contributed by atoms with Gasteiger partial charge in [-0.2, -0.15) is 10.4 Å². The zero-order chi connectivity index (χ0) is 20.4. The van der Waals surface area contributed by atoms with Gasteiger partial charge in [-0.25, -0.2) is 9.50 Å². The van der Waals surface area contributed by atoms with E-state index >= 15 is 0 Å². The molecular weight excluding hydrogens is 386 g/mol. The Morgan fingerprint density at radius 1 is 1.38 bits per heavy atom. The maximum absolute atomic E-state index is 10.6. The van der Waals surface area contributed by atoms with Gasteiger partial charge in [0.2, 0.25) is 0 Å². The average molecular weight is 410 g/mol. The molecule has 0 amide bonds. The molecule has 0 radical (unpaired) electrons. The van der Waals surface area contributed by atoms with Crippen LogP contribution in [0.4, 0.5) is 5.82 Å². The van der Waals surface area contributed by atoms with E-state index in [1.54, 1.807) is 23.1 Å². The number of pyridine rings is 2. The standard InChI is InChI=1S/C21H23N5O2S/c1-3-28-17-9-18(20-16(10-22)12-24-26(20)13-17)15-5-6-19(23-11-15)25-8-4-7-21(27,14-25)29-2/h5-6,9,11-13,27H,3-4,7-8,14H2,1-2H3. The number of rotatable bonds is 5. The van der Waals surface area contributed by atoms with Gasteiger partial charge in [-0.3, -0.25) is 0 Å². The molecule has 0 aliphatic carbocycles. The van der Waals surface area contributed by atoms with Gasteiger partial charge in [0.15, 0.2) is 0 Å². The number of thioether (sulfide) groups is 1. The summed E-state index contributed by atoms with van der Waals surface area (Å²) >= 11 is 1.49. The van der Waals surface area contributed by atoms with Gasteiger partial charge in [-0.15, -0.1) is 11.8 Å². The van der Waals surface area contributed by atoms with Crippen LogP contribution >= 0.6 is 11.8 Å². The lowest BCUT2D eigenvalue weighted by Gasteiger charge is -2.38. The predicted octanol–water partition coefficient (Wildman–Crippen LogP) is 3.32. The Bertz CT molecular complexity index is 1060. The van der Waals surface area contributed by atoms with Crippen LogP contribution in [0.25, 0.3) is 16.6 Å². The summed E-state index contributed by atoms with van der Waals surface area (Å²) in [5.41, 5.74) is 2.98. The fraction of sp³-hybridized carbons (Fsp3) is 0.381. The Kier molecular flexibility index (Phi) is 5.35. The van der Waals surface area contributed by atoms with Crippen molar-refractivity contribution in [1.82, 2.24) is 14.6 Å². The highest BCUT2D eigenvalue weighted by atomic mass is 32.2. The van der Waals surface area contributed by atoms with Crippen LogP contribution in [0.2, 0.25) is 0 Å². The summed E-state index contributed by atoms with van der Waals surface area (Å²) in [5, 5.41) is 24.4. The maximum Gasteiger partial charge on any atom is 0.138 e. The van der Waals surface area contributed by atoms with Crippen molar-refractivity contribution < 1.29 is 9.84 Å². The first kappa shape index (κ1) is 19.6. The van der Waals surface area contributed by atoms with E-state index < -0.39 is 4.93 Å². The molecule has 4 rings (SSSR count). The number of aliphatic hydroxyl groups is 1. The van der Waals surface area contributed by atoms with E-state index in [2.05, 4.69) is 21.1 Å². The van der Waals surface area contributed by atoms with Crippen molar-refractivity contribution in [2.45, 2.75) is 24.7 Å². The minimum absolute atomic E-state index is 0.508. The van der Waals surface area contributed by atoms with E-state index in [-0.39, 0.29) is 0 Å². The Hall–Kier alpha value is -2.76. The molecule has 1 atom stereocenters. The van der Waals surface area contributed by atoms with Crippen LogP contribution in [0.15, 0.2) is 36.8 Å². The largest absolute Gasteiger partial charge is 0.492 e. The molecular formula is C21H23N5O2S. The molecule has 1 N–H and O–H groups in total. The van der Waals surface area contributed by atoms with Gasteiger partial charge in [0, 0.05) is 23.9 Å². The van der Waals surface area contributed by atoms with Crippen LogP contribution in [-0.4, -0.2) is 50.6 Å². The third-order valence-electron chi connectivity index (χ3n) is 5.21. The maximum atomic E-state index is 10.6. The van der Waals surface area contributed by atoms with E-state index in [0.717, 1.165) is 41.8 Å². The van der Waals surface area contributed by atoms with E-state index in [4.69, 9.17) is 4.74 Å². The lowest BCUT2D eigenvalue weighted by Crippen LogP contribution is -2.46. The SMILES string of the molecule is CCOc1cc(-c2ccc(N3CCCC(O)(SC)C3)nc2)c2c(C#N)cnn2c1. The van der Waals surface area contributed by atoms with Crippen molar-refractivity contribution in [2.75, 3.05) is 30.9 Å². The molecule has 8 heteroatoms. The van der Waals surface area contributed by atoms with Crippen LogP contribution in [-0.2, 0) is 0 Å². The molecule has 7 nitrogen and oxygen atoms in total. The predicted molar refractivity (Wildman–Crippen MR) is 114 cm³/mol. The van der Waals surface area contributed by atoms with E-state index in [9.17, 15) is 10.4 Å². The average Bonchev–Trinajstić information content (AvgIpc) is 3.17. The molecule has 1 aliphatic heterocycles. The number of fused-ring (bicyclic) bond motifs is 1. The summed E-state index contributed by atoms with van der Waals surface area (Å²) in [6, 6.07) is 8.09. The number of anilines is 1. The molecule has 150 valence electrons. The van der Waals surface area contributed by atoms with Gasteiger partial charge >= 0.3 is 0 Å². The first-order valence-corrected chi connectivity index (χ1v) is 10.8. The van der Waals surface area contributed by atoms with Crippen LogP contribution in [0.5, 0.6) is 5.75 Å². The summed E-state index contributed by atoms with van der Waals surface area (Å²) in [4.78, 5) is 6.05. The van der Waals surface area contributed by atoms with Crippen molar-refractivity contribution in [1.29, 1.82) is 5.26 Å². The second kappa shape index (κ2) is 7.93. The number of nitriles is 1. The van der Waals surface area contributed by atoms with Gasteiger partial charge in [0.25, 0.3) is 0 Å². The lowest BCUT2D eigenvalue weighted by atomic mass is 10.0. The highest BCUT2D eigenvalue weighted by molar-refractivity contribution is 7.99. The molecule has 0 bridgehead atoms. The second-order valence-electron chi connectivity index (χ2n) is 7.07. The van der Waals surface area contributed by atoms with Crippen molar-refractivity contribution in [2.24, 2.45) is 0 Å². The summed E-state index contributed by atoms with van der Waals surface area (Å²) < 4.78 is 7.35. The molecule has 4 heterocycles. The van der Waals surface area contributed by atoms with Gasteiger partial charge in [0.05, 0.1) is 36.6 Å². The molecule has 3 aromatic heterocycles. The van der Waals surface area contributed by atoms with Crippen LogP contribution in [0.1, 0.15) is 25.3 Å². The Morgan fingerprint density at radius 2 is 2.24 bits per heavy atom. The fourth-order valence-electron chi connectivity index (χ4n) is 3.74. The number of piperidine rings is 1. The minimum Gasteiger partial charge on any atom is -0.492 e. The lowest BCUT2D eigenvalue weighted by molar-refractivity contribution is 0.118. The molecule has 1 aliphatic rings. The first-order valence-electron chi connectivity index (χ1n) is 9.60. The molecule has 3 aromatic rings. The summed E-state index contributed by atoms with van der Waals surface area (Å²) in [5.74, 6) is 1.53. The fourth-order valence-corrected chi connectivity index (χ4v) is 4.37. The van der Waals surface area contributed by atoms with Gasteiger partial charge in [0.1, 0.15) is 22.6 Å². The van der Waals surface area contributed by atoms with Crippen molar-refractivity contribution in [3.8, 4) is 22.9 Å². The van der Waals surface area contributed by atoms with Crippen molar-refractivity contribution in [3.05, 3.63) is 42.4 Å². The van der Waals surface area contributed by atoms with Gasteiger partial charge in [-0.05, 0) is 44.2 Å². The highest BCUT2D eigenvalue weighted by Gasteiger charge is 2.32. The third kappa shape index (κ3) is 3.76. The normalized spacial score (nSPS) is 19.3. The summed E-state index contributed by atoms with van der Waals surface area (Å²) in [6.45, 7) is 3.91. The van der Waals surface area contributed by atoms with E-state index in [0.29, 0.717) is 24.5 Å². The quantitative estimate of drug-likeness (QED) is 0.647. The molecule has 1 fully saturated rings. The number of β-amino-alcohol motifs (C(OH)–C–C–N with tert-alkyl or cyclic N) is 1. The number of hydrogen-bond acceptors (Lipinski definition) is 7. The van der Waals surface area contributed by atoms with E-state index in [1.165, 1.54) is 11.8 Å². The van der Waals surface area contributed by atoms with Crippen molar-refractivity contribution in [3.63, 3.8) is 0 Å². The Balaban J connectivity index is 1.71. The summed E-state index contributed by atoms with van der Waals surface area (Å²) in [7, 11) is 0. The smallest absolute Gasteiger partial charge is 0.138 e. The third-order valence-corrected chi connectivity index (χ3v) is 6.31. The monoisotopic (exact) mass is 409 g/mol. The zero-order valence-electron chi connectivity index (χ0n) is 16.5. The summed E-state index contributed by atoms with van der Waals surface area (Å²) in [6.07, 6.45) is 8.81.